The van der Waals surface area contributed by atoms with Gasteiger partial charge in [0, 0.05) is 26.3 Å². The number of nitrogens with zero attached hydrogens (tertiary/aromatic N) is 1. The second-order valence-corrected chi connectivity index (χ2v) is 5.53. The van der Waals surface area contributed by atoms with Gasteiger partial charge in [0.25, 0.3) is 5.91 Å². The van der Waals surface area contributed by atoms with Crippen LogP contribution in [0.25, 0.3) is 0 Å². The van der Waals surface area contributed by atoms with Crippen molar-refractivity contribution >= 4 is 11.6 Å². The second kappa shape index (κ2) is 8.82. The van der Waals surface area contributed by atoms with Gasteiger partial charge in [-0.05, 0) is 48.9 Å². The fraction of sp³-hybridized carbons (Fsp3) is 0.316. The van der Waals surface area contributed by atoms with Crippen molar-refractivity contribution in [2.45, 2.75) is 13.5 Å². The molecule has 0 aromatic heterocycles. The number of anilines is 1. The SMILES string of the molecule is CCOc1ccc(OCC(=O)NCc2ccc(N(C)C)cc2)cc1. The van der Waals surface area contributed by atoms with Gasteiger partial charge in [0.05, 0.1) is 6.61 Å². The van der Waals surface area contributed by atoms with E-state index in [2.05, 4.69) is 5.32 Å². The molecule has 0 saturated heterocycles. The van der Waals surface area contributed by atoms with Crippen molar-refractivity contribution in [3.05, 3.63) is 54.1 Å². The van der Waals surface area contributed by atoms with Gasteiger partial charge < -0.3 is 19.7 Å². The van der Waals surface area contributed by atoms with Crippen molar-refractivity contribution in [2.24, 2.45) is 0 Å². The fourth-order valence-corrected chi connectivity index (χ4v) is 2.11. The first-order chi connectivity index (χ1) is 11.6. The Balaban J connectivity index is 1.74. The van der Waals surface area contributed by atoms with Crippen LogP contribution in [0, 0.1) is 0 Å². The van der Waals surface area contributed by atoms with Crippen LogP contribution in [0.5, 0.6) is 11.5 Å². The molecule has 0 aliphatic heterocycles. The molecule has 0 atom stereocenters. The van der Waals surface area contributed by atoms with Gasteiger partial charge in [-0.25, -0.2) is 0 Å². The minimum absolute atomic E-state index is 0.0102. The smallest absolute Gasteiger partial charge is 0.258 e. The Labute approximate surface area is 143 Å². The summed E-state index contributed by atoms with van der Waals surface area (Å²) in [4.78, 5) is 13.9. The first-order valence-electron chi connectivity index (χ1n) is 7.97. The quantitative estimate of drug-likeness (QED) is 0.809. The topological polar surface area (TPSA) is 50.8 Å². The van der Waals surface area contributed by atoms with Gasteiger partial charge in [0.2, 0.25) is 0 Å². The van der Waals surface area contributed by atoms with Gasteiger partial charge in [-0.3, -0.25) is 4.79 Å². The van der Waals surface area contributed by atoms with Crippen LogP contribution in [0.1, 0.15) is 12.5 Å². The lowest BCUT2D eigenvalue weighted by Crippen LogP contribution is -2.28. The largest absolute Gasteiger partial charge is 0.494 e. The lowest BCUT2D eigenvalue weighted by molar-refractivity contribution is -0.123. The summed E-state index contributed by atoms with van der Waals surface area (Å²) >= 11 is 0. The Bertz CT molecular complexity index is 637. The van der Waals surface area contributed by atoms with E-state index in [4.69, 9.17) is 9.47 Å². The third-order valence-corrected chi connectivity index (χ3v) is 3.45. The maximum absolute atomic E-state index is 11.9. The van der Waals surface area contributed by atoms with Crippen LogP contribution in [-0.4, -0.2) is 33.2 Å². The molecule has 24 heavy (non-hydrogen) atoms. The summed E-state index contributed by atoms with van der Waals surface area (Å²) in [6, 6.07) is 15.3. The zero-order chi connectivity index (χ0) is 17.4. The molecule has 0 bridgehead atoms. The molecule has 0 aliphatic carbocycles. The number of hydrogen-bond donors (Lipinski definition) is 1. The second-order valence-electron chi connectivity index (χ2n) is 5.53. The van der Waals surface area contributed by atoms with Crippen molar-refractivity contribution in [1.29, 1.82) is 0 Å². The zero-order valence-electron chi connectivity index (χ0n) is 14.4. The number of carbonyl (C=O) groups excluding carboxylic acids is 1. The summed E-state index contributed by atoms with van der Waals surface area (Å²) in [7, 11) is 3.99. The molecule has 0 aliphatic rings. The van der Waals surface area contributed by atoms with E-state index in [1.54, 1.807) is 12.1 Å². The maximum atomic E-state index is 11.9. The molecule has 2 rings (SSSR count). The third-order valence-electron chi connectivity index (χ3n) is 3.45. The first-order valence-corrected chi connectivity index (χ1v) is 7.97. The van der Waals surface area contributed by atoms with Crippen LogP contribution in [0.3, 0.4) is 0 Å². The highest BCUT2D eigenvalue weighted by molar-refractivity contribution is 5.77. The van der Waals surface area contributed by atoms with Gasteiger partial charge in [0.15, 0.2) is 6.61 Å². The Morgan fingerprint density at radius 2 is 1.54 bits per heavy atom. The Kier molecular flexibility index (Phi) is 6.49. The molecule has 0 radical (unpaired) electrons. The lowest BCUT2D eigenvalue weighted by Gasteiger charge is -2.13. The lowest BCUT2D eigenvalue weighted by atomic mass is 10.2. The first kappa shape index (κ1) is 17.7. The van der Waals surface area contributed by atoms with Crippen LogP contribution >= 0.6 is 0 Å². The number of nitrogens with one attached hydrogen (secondary N) is 1. The number of hydrogen-bond acceptors (Lipinski definition) is 4. The van der Waals surface area contributed by atoms with Crippen molar-refractivity contribution in [2.75, 3.05) is 32.2 Å². The van der Waals surface area contributed by atoms with Crippen molar-refractivity contribution in [3.63, 3.8) is 0 Å². The van der Waals surface area contributed by atoms with E-state index in [0.717, 1.165) is 17.0 Å². The monoisotopic (exact) mass is 328 g/mol. The molecule has 5 nitrogen and oxygen atoms in total. The standard InChI is InChI=1S/C19H24N2O3/c1-4-23-17-9-11-18(12-10-17)24-14-19(22)20-13-15-5-7-16(8-6-15)21(2)3/h5-12H,4,13-14H2,1-3H3,(H,20,22). The maximum Gasteiger partial charge on any atom is 0.258 e. The number of benzene rings is 2. The fourth-order valence-electron chi connectivity index (χ4n) is 2.11. The summed E-state index contributed by atoms with van der Waals surface area (Å²) in [5, 5.41) is 2.85. The molecule has 2 aromatic rings. The average molecular weight is 328 g/mol. The Morgan fingerprint density at radius 3 is 2.08 bits per heavy atom. The summed E-state index contributed by atoms with van der Waals surface area (Å²) in [5.41, 5.74) is 2.18. The van der Waals surface area contributed by atoms with Crippen LogP contribution in [0.2, 0.25) is 0 Å². The van der Waals surface area contributed by atoms with E-state index < -0.39 is 0 Å². The van der Waals surface area contributed by atoms with E-state index >= 15 is 0 Å². The zero-order valence-corrected chi connectivity index (χ0v) is 14.4. The van der Waals surface area contributed by atoms with Gasteiger partial charge in [0.1, 0.15) is 11.5 Å². The van der Waals surface area contributed by atoms with Gasteiger partial charge in [-0.15, -0.1) is 0 Å². The molecule has 2 aromatic carbocycles. The average Bonchev–Trinajstić information content (AvgIpc) is 2.60. The highest BCUT2D eigenvalue weighted by Crippen LogP contribution is 2.17. The molecule has 0 fully saturated rings. The predicted molar refractivity (Wildman–Crippen MR) is 95.7 cm³/mol. The molecule has 0 spiro atoms. The molecule has 5 heteroatoms. The van der Waals surface area contributed by atoms with E-state index in [0.29, 0.717) is 18.9 Å². The Morgan fingerprint density at radius 1 is 0.958 bits per heavy atom. The Hall–Kier alpha value is -2.69. The van der Waals surface area contributed by atoms with Crippen molar-refractivity contribution < 1.29 is 14.3 Å². The number of carbonyl (C=O) groups is 1. The molecule has 1 amide bonds. The summed E-state index contributed by atoms with van der Waals surface area (Å²) in [6.45, 7) is 3.03. The van der Waals surface area contributed by atoms with E-state index in [-0.39, 0.29) is 12.5 Å². The number of amides is 1. The van der Waals surface area contributed by atoms with Crippen molar-refractivity contribution in [3.8, 4) is 11.5 Å². The van der Waals surface area contributed by atoms with Gasteiger partial charge in [-0.2, -0.15) is 0 Å². The van der Waals surface area contributed by atoms with Crippen LogP contribution in [0.15, 0.2) is 48.5 Å². The molecule has 128 valence electrons. The van der Waals surface area contributed by atoms with Gasteiger partial charge in [-0.1, -0.05) is 12.1 Å². The normalized spacial score (nSPS) is 10.1. The molecular weight excluding hydrogens is 304 g/mol. The van der Waals surface area contributed by atoms with Gasteiger partial charge >= 0.3 is 0 Å². The predicted octanol–water partition coefficient (Wildman–Crippen LogP) is 2.85. The van der Waals surface area contributed by atoms with E-state index in [1.807, 2.05) is 62.3 Å². The highest BCUT2D eigenvalue weighted by Gasteiger charge is 2.04. The van der Waals surface area contributed by atoms with E-state index in [1.165, 1.54) is 0 Å². The molecule has 0 saturated carbocycles. The molecule has 0 heterocycles. The minimum Gasteiger partial charge on any atom is -0.494 e. The van der Waals surface area contributed by atoms with Crippen LogP contribution in [0.4, 0.5) is 5.69 Å². The summed E-state index contributed by atoms with van der Waals surface area (Å²) in [5.74, 6) is 1.28. The molecule has 1 N–H and O–H groups in total. The highest BCUT2D eigenvalue weighted by atomic mass is 16.5. The number of rotatable bonds is 8. The summed E-state index contributed by atoms with van der Waals surface area (Å²) in [6.07, 6.45) is 0. The van der Waals surface area contributed by atoms with Crippen molar-refractivity contribution in [1.82, 2.24) is 5.32 Å². The van der Waals surface area contributed by atoms with Crippen LogP contribution < -0.4 is 19.7 Å². The molecule has 0 unspecified atom stereocenters. The number of ether oxygens (including phenoxy) is 2. The summed E-state index contributed by atoms with van der Waals surface area (Å²) < 4.78 is 10.8. The van der Waals surface area contributed by atoms with E-state index in [9.17, 15) is 4.79 Å². The molecular formula is C19H24N2O3. The minimum atomic E-state index is -0.152. The van der Waals surface area contributed by atoms with Crippen LogP contribution in [-0.2, 0) is 11.3 Å². The third kappa shape index (κ3) is 5.50.